The molecule has 2 N–H and O–H groups in total. The normalized spacial score (nSPS) is 23.4. The molecule has 0 aliphatic heterocycles. The third kappa shape index (κ3) is 2.98. The molecule has 0 spiro atoms. The molecule has 2 rings (SSSR count). The van der Waals surface area contributed by atoms with E-state index in [-0.39, 0.29) is 0 Å². The van der Waals surface area contributed by atoms with Crippen LogP contribution in [0.15, 0.2) is 22.7 Å². The Hall–Kier alpha value is -0.540. The molecule has 1 aliphatic carbocycles. The maximum atomic E-state index is 9.41. The molecule has 2 nitrogen and oxygen atoms in total. The van der Waals surface area contributed by atoms with Gasteiger partial charge < -0.3 is 10.4 Å². The smallest absolute Gasteiger partial charge is 0.115 e. The zero-order valence-electron chi connectivity index (χ0n) is 9.54. The van der Waals surface area contributed by atoms with E-state index in [2.05, 4.69) is 28.2 Å². The average molecular weight is 284 g/mol. The first-order valence-electron chi connectivity index (χ1n) is 5.91. The van der Waals surface area contributed by atoms with Crippen LogP contribution in [0.3, 0.4) is 0 Å². The molecule has 0 saturated heterocycles. The first-order valence-corrected chi connectivity index (χ1v) is 6.70. The van der Waals surface area contributed by atoms with E-state index >= 15 is 0 Å². The summed E-state index contributed by atoms with van der Waals surface area (Å²) in [6, 6.07) is 6.09. The maximum Gasteiger partial charge on any atom is 0.115 e. The molecule has 1 aromatic carbocycles. The van der Waals surface area contributed by atoms with Crippen molar-refractivity contribution in [1.82, 2.24) is 5.32 Å². The molecule has 1 aliphatic rings. The number of hydrogen-bond donors (Lipinski definition) is 2. The Morgan fingerprint density at radius 1 is 1.50 bits per heavy atom. The number of phenols is 1. The molecule has 0 amide bonds. The summed E-state index contributed by atoms with van der Waals surface area (Å²) < 4.78 is 1.06. The second-order valence-electron chi connectivity index (χ2n) is 4.55. The van der Waals surface area contributed by atoms with Crippen LogP contribution in [0.4, 0.5) is 0 Å². The number of hydrogen-bond acceptors (Lipinski definition) is 2. The van der Waals surface area contributed by atoms with Gasteiger partial charge in [0.05, 0.1) is 0 Å². The van der Waals surface area contributed by atoms with Gasteiger partial charge in [-0.25, -0.2) is 0 Å². The molecule has 3 heteroatoms. The molecule has 2 unspecified atom stereocenters. The van der Waals surface area contributed by atoms with Gasteiger partial charge in [-0.05, 0) is 42.5 Å². The Morgan fingerprint density at radius 3 is 3.06 bits per heavy atom. The number of rotatable bonds is 5. The van der Waals surface area contributed by atoms with Gasteiger partial charge in [-0.15, -0.1) is 0 Å². The molecule has 0 aromatic heterocycles. The van der Waals surface area contributed by atoms with Gasteiger partial charge in [-0.2, -0.15) is 0 Å². The minimum absolute atomic E-state index is 0.334. The first-order chi connectivity index (χ1) is 7.70. The highest BCUT2D eigenvalue weighted by molar-refractivity contribution is 9.10. The van der Waals surface area contributed by atoms with Crippen molar-refractivity contribution in [2.24, 2.45) is 5.92 Å². The summed E-state index contributed by atoms with van der Waals surface area (Å²) in [4.78, 5) is 0. The number of aromatic hydroxyl groups is 1. The Kier molecular flexibility index (Phi) is 3.87. The molecule has 2 atom stereocenters. The summed E-state index contributed by atoms with van der Waals surface area (Å²) in [6.07, 6.45) is 3.92. The average Bonchev–Trinajstić information content (AvgIpc) is 2.99. The predicted molar refractivity (Wildman–Crippen MR) is 69.4 cm³/mol. The molecular formula is C13H18BrNO. The van der Waals surface area contributed by atoms with Crippen LogP contribution in [0.1, 0.15) is 31.7 Å². The fourth-order valence-corrected chi connectivity index (χ4v) is 2.51. The highest BCUT2D eigenvalue weighted by Crippen LogP contribution is 2.35. The minimum atomic E-state index is 0.334. The lowest BCUT2D eigenvalue weighted by Crippen LogP contribution is -2.17. The minimum Gasteiger partial charge on any atom is -0.508 e. The highest BCUT2D eigenvalue weighted by atomic mass is 79.9. The van der Waals surface area contributed by atoms with E-state index in [1.807, 2.05) is 12.1 Å². The van der Waals surface area contributed by atoms with Gasteiger partial charge in [0.1, 0.15) is 5.75 Å². The van der Waals surface area contributed by atoms with Gasteiger partial charge in [0.15, 0.2) is 0 Å². The van der Waals surface area contributed by atoms with Crippen LogP contribution in [-0.2, 0) is 6.54 Å². The van der Waals surface area contributed by atoms with E-state index in [0.717, 1.165) is 22.5 Å². The van der Waals surface area contributed by atoms with E-state index in [4.69, 9.17) is 0 Å². The summed E-state index contributed by atoms with van der Waals surface area (Å²) >= 11 is 3.50. The second-order valence-corrected chi connectivity index (χ2v) is 5.40. The Morgan fingerprint density at radius 2 is 2.31 bits per heavy atom. The summed E-state index contributed by atoms with van der Waals surface area (Å²) in [5.41, 5.74) is 1.13. The summed E-state index contributed by atoms with van der Waals surface area (Å²) in [6.45, 7) is 3.07. The standard InChI is InChI=1S/C13H18BrNO/c1-2-3-9-7-13(9)15-8-10-6-11(16)4-5-12(10)14/h4-6,9,13,15-16H,2-3,7-8H2,1H3. The van der Waals surface area contributed by atoms with E-state index in [9.17, 15) is 5.11 Å². The lowest BCUT2D eigenvalue weighted by molar-refractivity contribution is 0.473. The molecule has 1 fully saturated rings. The van der Waals surface area contributed by atoms with E-state index in [1.54, 1.807) is 6.07 Å². The SMILES string of the molecule is CCCC1CC1NCc1cc(O)ccc1Br. The van der Waals surface area contributed by atoms with Gasteiger partial charge in [0.2, 0.25) is 0 Å². The quantitative estimate of drug-likeness (QED) is 0.868. The van der Waals surface area contributed by atoms with Crippen molar-refractivity contribution in [2.45, 2.75) is 38.8 Å². The van der Waals surface area contributed by atoms with Crippen LogP contribution < -0.4 is 5.32 Å². The van der Waals surface area contributed by atoms with Crippen molar-refractivity contribution < 1.29 is 5.11 Å². The summed E-state index contributed by atoms with van der Waals surface area (Å²) in [5.74, 6) is 1.21. The van der Waals surface area contributed by atoms with Gasteiger partial charge in [-0.1, -0.05) is 29.3 Å². The van der Waals surface area contributed by atoms with Crippen LogP contribution in [0.2, 0.25) is 0 Å². The third-order valence-corrected chi connectivity index (χ3v) is 3.94. The number of phenolic OH excluding ortho intramolecular Hbond substituents is 1. The lowest BCUT2D eigenvalue weighted by Gasteiger charge is -2.07. The summed E-state index contributed by atoms with van der Waals surface area (Å²) in [5, 5.41) is 12.9. The van der Waals surface area contributed by atoms with Crippen molar-refractivity contribution in [3.63, 3.8) is 0 Å². The lowest BCUT2D eigenvalue weighted by atomic mass is 10.2. The molecular weight excluding hydrogens is 266 g/mol. The number of nitrogens with one attached hydrogen (secondary N) is 1. The monoisotopic (exact) mass is 283 g/mol. The zero-order chi connectivity index (χ0) is 11.5. The molecule has 0 heterocycles. The Balaban J connectivity index is 1.84. The molecule has 1 aromatic rings. The van der Waals surface area contributed by atoms with Crippen LogP contribution >= 0.6 is 15.9 Å². The van der Waals surface area contributed by atoms with Crippen molar-refractivity contribution in [1.29, 1.82) is 0 Å². The Labute approximate surface area is 105 Å². The highest BCUT2D eigenvalue weighted by Gasteiger charge is 2.35. The topological polar surface area (TPSA) is 32.3 Å². The zero-order valence-corrected chi connectivity index (χ0v) is 11.1. The fourth-order valence-electron chi connectivity index (χ4n) is 2.13. The van der Waals surface area contributed by atoms with E-state index in [0.29, 0.717) is 11.8 Å². The van der Waals surface area contributed by atoms with Gasteiger partial charge in [0.25, 0.3) is 0 Å². The van der Waals surface area contributed by atoms with Crippen LogP contribution in [-0.4, -0.2) is 11.1 Å². The van der Waals surface area contributed by atoms with Gasteiger partial charge in [0, 0.05) is 17.1 Å². The maximum absolute atomic E-state index is 9.41. The van der Waals surface area contributed by atoms with Crippen LogP contribution in [0, 0.1) is 5.92 Å². The molecule has 88 valence electrons. The van der Waals surface area contributed by atoms with Crippen molar-refractivity contribution in [2.75, 3.05) is 0 Å². The predicted octanol–water partition coefficient (Wildman–Crippen LogP) is 3.43. The van der Waals surface area contributed by atoms with Crippen molar-refractivity contribution in [3.8, 4) is 5.75 Å². The molecule has 1 saturated carbocycles. The van der Waals surface area contributed by atoms with E-state index < -0.39 is 0 Å². The fraction of sp³-hybridized carbons (Fsp3) is 0.538. The van der Waals surface area contributed by atoms with Crippen LogP contribution in [0.5, 0.6) is 5.75 Å². The largest absolute Gasteiger partial charge is 0.508 e. The van der Waals surface area contributed by atoms with E-state index in [1.165, 1.54) is 19.3 Å². The first kappa shape index (κ1) is 11.9. The summed E-state index contributed by atoms with van der Waals surface area (Å²) in [7, 11) is 0. The number of benzene rings is 1. The Bertz CT molecular complexity index is 367. The number of halogens is 1. The van der Waals surface area contributed by atoms with Crippen LogP contribution in [0.25, 0.3) is 0 Å². The second kappa shape index (κ2) is 5.19. The molecule has 0 bridgehead atoms. The van der Waals surface area contributed by atoms with Crippen molar-refractivity contribution >= 4 is 15.9 Å². The van der Waals surface area contributed by atoms with Gasteiger partial charge in [-0.3, -0.25) is 0 Å². The van der Waals surface area contributed by atoms with Crippen molar-refractivity contribution in [3.05, 3.63) is 28.2 Å². The molecule has 16 heavy (non-hydrogen) atoms. The van der Waals surface area contributed by atoms with Gasteiger partial charge >= 0.3 is 0 Å². The molecule has 0 radical (unpaired) electrons. The third-order valence-electron chi connectivity index (χ3n) is 3.17.